The Labute approximate surface area is 93.6 Å². The van der Waals surface area contributed by atoms with Gasteiger partial charge in [0.25, 0.3) is 0 Å². The standard InChI is InChI=1S/C12H25N3/c1-11-4-7-15(10-12(11)13)9-8-14-5-2-3-6-14/h11-12H,2-10,13H2,1H3. The van der Waals surface area contributed by atoms with Crippen molar-refractivity contribution in [2.24, 2.45) is 11.7 Å². The van der Waals surface area contributed by atoms with Gasteiger partial charge in [-0.3, -0.25) is 0 Å². The SMILES string of the molecule is CC1CCN(CCN2CCCC2)CC1N. The van der Waals surface area contributed by atoms with Gasteiger partial charge < -0.3 is 15.5 Å². The fourth-order valence-corrected chi connectivity index (χ4v) is 2.66. The van der Waals surface area contributed by atoms with Gasteiger partial charge in [0, 0.05) is 25.7 Å². The Bertz CT molecular complexity index is 189. The summed E-state index contributed by atoms with van der Waals surface area (Å²) < 4.78 is 0. The van der Waals surface area contributed by atoms with Crippen LogP contribution in [0.25, 0.3) is 0 Å². The lowest BCUT2D eigenvalue weighted by molar-refractivity contribution is 0.152. The molecule has 2 atom stereocenters. The second kappa shape index (κ2) is 5.28. The molecule has 0 aromatic rings. The molecule has 2 fully saturated rings. The molecule has 2 aliphatic rings. The summed E-state index contributed by atoms with van der Waals surface area (Å²) >= 11 is 0. The Morgan fingerprint density at radius 2 is 1.73 bits per heavy atom. The summed E-state index contributed by atoms with van der Waals surface area (Å²) in [6, 6.07) is 0.400. The van der Waals surface area contributed by atoms with Crippen molar-refractivity contribution in [1.82, 2.24) is 9.80 Å². The summed E-state index contributed by atoms with van der Waals surface area (Å²) in [5.41, 5.74) is 6.10. The maximum Gasteiger partial charge on any atom is 0.0194 e. The van der Waals surface area contributed by atoms with Crippen LogP contribution >= 0.6 is 0 Å². The first kappa shape index (κ1) is 11.4. The third-order valence-electron chi connectivity index (χ3n) is 4.03. The highest BCUT2D eigenvalue weighted by Crippen LogP contribution is 2.15. The smallest absolute Gasteiger partial charge is 0.0194 e. The highest BCUT2D eigenvalue weighted by molar-refractivity contribution is 4.81. The van der Waals surface area contributed by atoms with Crippen LogP contribution in [0.3, 0.4) is 0 Å². The number of likely N-dealkylation sites (tertiary alicyclic amines) is 2. The van der Waals surface area contributed by atoms with Crippen molar-refractivity contribution >= 4 is 0 Å². The molecule has 0 aliphatic carbocycles. The third kappa shape index (κ3) is 3.16. The summed E-state index contributed by atoms with van der Waals surface area (Å²) in [5, 5.41) is 0. The molecule has 15 heavy (non-hydrogen) atoms. The molecule has 2 rings (SSSR count). The molecular weight excluding hydrogens is 186 g/mol. The fraction of sp³-hybridized carbons (Fsp3) is 1.00. The highest BCUT2D eigenvalue weighted by Gasteiger charge is 2.23. The van der Waals surface area contributed by atoms with E-state index in [1.807, 2.05) is 0 Å². The zero-order valence-corrected chi connectivity index (χ0v) is 9.99. The Morgan fingerprint density at radius 1 is 1.07 bits per heavy atom. The van der Waals surface area contributed by atoms with Gasteiger partial charge in [0.15, 0.2) is 0 Å². The number of hydrogen-bond donors (Lipinski definition) is 1. The summed E-state index contributed by atoms with van der Waals surface area (Å²) in [7, 11) is 0. The third-order valence-corrected chi connectivity index (χ3v) is 4.03. The molecule has 0 aromatic carbocycles. The minimum Gasteiger partial charge on any atom is -0.326 e. The van der Waals surface area contributed by atoms with Crippen LogP contribution in [-0.2, 0) is 0 Å². The average molecular weight is 211 g/mol. The van der Waals surface area contributed by atoms with Crippen LogP contribution in [0.5, 0.6) is 0 Å². The first-order chi connectivity index (χ1) is 7.25. The van der Waals surface area contributed by atoms with E-state index >= 15 is 0 Å². The molecule has 3 nitrogen and oxygen atoms in total. The molecule has 2 saturated heterocycles. The molecule has 2 heterocycles. The number of nitrogens with two attached hydrogens (primary N) is 1. The van der Waals surface area contributed by atoms with Crippen LogP contribution in [0.2, 0.25) is 0 Å². The molecule has 0 bridgehead atoms. The van der Waals surface area contributed by atoms with Gasteiger partial charge in [-0.15, -0.1) is 0 Å². The van der Waals surface area contributed by atoms with Gasteiger partial charge in [0.1, 0.15) is 0 Å². The lowest BCUT2D eigenvalue weighted by atomic mass is 9.94. The minimum atomic E-state index is 0.400. The molecule has 0 radical (unpaired) electrons. The van der Waals surface area contributed by atoms with Gasteiger partial charge in [-0.05, 0) is 44.8 Å². The van der Waals surface area contributed by atoms with Gasteiger partial charge in [0.05, 0.1) is 0 Å². The van der Waals surface area contributed by atoms with E-state index in [1.165, 1.54) is 52.0 Å². The van der Waals surface area contributed by atoms with Crippen molar-refractivity contribution in [3.63, 3.8) is 0 Å². The van der Waals surface area contributed by atoms with E-state index in [0.29, 0.717) is 12.0 Å². The maximum absolute atomic E-state index is 6.10. The topological polar surface area (TPSA) is 32.5 Å². The van der Waals surface area contributed by atoms with E-state index in [4.69, 9.17) is 5.73 Å². The van der Waals surface area contributed by atoms with Crippen molar-refractivity contribution in [1.29, 1.82) is 0 Å². The van der Waals surface area contributed by atoms with Crippen molar-refractivity contribution in [3.05, 3.63) is 0 Å². The maximum atomic E-state index is 6.10. The molecule has 0 saturated carbocycles. The van der Waals surface area contributed by atoms with E-state index in [1.54, 1.807) is 0 Å². The van der Waals surface area contributed by atoms with Crippen LogP contribution in [0.4, 0.5) is 0 Å². The number of hydrogen-bond acceptors (Lipinski definition) is 3. The molecule has 0 spiro atoms. The first-order valence-corrected chi connectivity index (χ1v) is 6.46. The Balaban J connectivity index is 1.66. The molecule has 3 heteroatoms. The van der Waals surface area contributed by atoms with Crippen LogP contribution in [-0.4, -0.2) is 55.1 Å². The monoisotopic (exact) mass is 211 g/mol. The second-order valence-electron chi connectivity index (χ2n) is 5.28. The van der Waals surface area contributed by atoms with Gasteiger partial charge in [0.2, 0.25) is 0 Å². The summed E-state index contributed by atoms with van der Waals surface area (Å²) in [4.78, 5) is 5.13. The zero-order chi connectivity index (χ0) is 10.7. The number of nitrogens with zero attached hydrogens (tertiary/aromatic N) is 2. The van der Waals surface area contributed by atoms with Crippen LogP contribution in [0.15, 0.2) is 0 Å². The van der Waals surface area contributed by atoms with Gasteiger partial charge >= 0.3 is 0 Å². The predicted molar refractivity (Wildman–Crippen MR) is 63.9 cm³/mol. The summed E-state index contributed by atoms with van der Waals surface area (Å²) in [6.07, 6.45) is 4.08. The van der Waals surface area contributed by atoms with Crippen molar-refractivity contribution in [2.75, 3.05) is 39.3 Å². The average Bonchev–Trinajstić information content (AvgIpc) is 2.73. The largest absolute Gasteiger partial charge is 0.326 e. The number of piperidine rings is 1. The molecule has 0 amide bonds. The van der Waals surface area contributed by atoms with Gasteiger partial charge in [-0.25, -0.2) is 0 Å². The molecular formula is C12H25N3. The van der Waals surface area contributed by atoms with Crippen LogP contribution in [0.1, 0.15) is 26.2 Å². The van der Waals surface area contributed by atoms with Crippen LogP contribution < -0.4 is 5.73 Å². The quantitative estimate of drug-likeness (QED) is 0.748. The second-order valence-corrected chi connectivity index (χ2v) is 5.28. The normalized spacial score (nSPS) is 34.8. The Kier molecular flexibility index (Phi) is 4.00. The van der Waals surface area contributed by atoms with Crippen molar-refractivity contribution in [3.8, 4) is 0 Å². The minimum absolute atomic E-state index is 0.400. The van der Waals surface area contributed by atoms with Crippen LogP contribution in [0, 0.1) is 5.92 Å². The molecule has 0 aromatic heterocycles. The predicted octanol–water partition coefficient (Wildman–Crippen LogP) is 0.751. The molecule has 88 valence electrons. The van der Waals surface area contributed by atoms with E-state index in [9.17, 15) is 0 Å². The molecule has 2 aliphatic heterocycles. The van der Waals surface area contributed by atoms with E-state index < -0.39 is 0 Å². The summed E-state index contributed by atoms with van der Waals surface area (Å²) in [5.74, 6) is 0.716. The lowest BCUT2D eigenvalue weighted by Crippen LogP contribution is -2.49. The van der Waals surface area contributed by atoms with Gasteiger partial charge in [-0.2, -0.15) is 0 Å². The van der Waals surface area contributed by atoms with Crippen molar-refractivity contribution in [2.45, 2.75) is 32.2 Å². The molecule has 2 unspecified atom stereocenters. The van der Waals surface area contributed by atoms with Gasteiger partial charge in [-0.1, -0.05) is 6.92 Å². The molecule has 2 N–H and O–H groups in total. The first-order valence-electron chi connectivity index (χ1n) is 6.46. The van der Waals surface area contributed by atoms with E-state index in [2.05, 4.69) is 16.7 Å². The Hall–Kier alpha value is -0.120. The Morgan fingerprint density at radius 3 is 2.40 bits per heavy atom. The number of rotatable bonds is 3. The summed E-state index contributed by atoms with van der Waals surface area (Å²) in [6.45, 7) is 9.74. The lowest BCUT2D eigenvalue weighted by Gasteiger charge is -2.35. The zero-order valence-electron chi connectivity index (χ0n) is 9.99. The van der Waals surface area contributed by atoms with E-state index in [-0.39, 0.29) is 0 Å². The van der Waals surface area contributed by atoms with Crippen molar-refractivity contribution < 1.29 is 0 Å². The highest BCUT2D eigenvalue weighted by atomic mass is 15.2. The van der Waals surface area contributed by atoms with E-state index in [0.717, 1.165) is 6.54 Å². The fourth-order valence-electron chi connectivity index (χ4n) is 2.66.